The molecule has 1 aromatic carbocycles. The van der Waals surface area contributed by atoms with E-state index in [2.05, 4.69) is 24.1 Å². The van der Waals surface area contributed by atoms with E-state index in [1.54, 1.807) is 28.6 Å². The van der Waals surface area contributed by atoms with Crippen molar-refractivity contribution in [2.75, 3.05) is 38.0 Å². The maximum atomic E-state index is 12.9. The summed E-state index contributed by atoms with van der Waals surface area (Å²) in [6.45, 7) is 7.66. The second-order valence-corrected chi connectivity index (χ2v) is 9.76. The standard InChI is InChI=1S/C19H29N3O3S/c1-15-11-16(2)13-22(12-15)26(24,25)18-7-5-17(6-8-18)20-19(23)14-21-9-3-4-10-21/h5-8,15-16H,3-4,9-14H2,1-2H3,(H,20,23)/t15-,16-/m0/s1. The van der Waals surface area contributed by atoms with Gasteiger partial charge in [0.25, 0.3) is 0 Å². The summed E-state index contributed by atoms with van der Waals surface area (Å²) in [6.07, 6.45) is 3.36. The molecule has 2 saturated heterocycles. The highest BCUT2D eigenvalue weighted by atomic mass is 32.2. The zero-order valence-electron chi connectivity index (χ0n) is 15.6. The van der Waals surface area contributed by atoms with Crippen molar-refractivity contribution in [3.63, 3.8) is 0 Å². The van der Waals surface area contributed by atoms with Gasteiger partial charge in [0.2, 0.25) is 15.9 Å². The molecular weight excluding hydrogens is 350 g/mol. The van der Waals surface area contributed by atoms with Crippen LogP contribution in [0.4, 0.5) is 5.69 Å². The molecule has 3 rings (SSSR count). The van der Waals surface area contributed by atoms with E-state index in [1.165, 1.54) is 0 Å². The molecule has 0 aliphatic carbocycles. The van der Waals surface area contributed by atoms with Gasteiger partial charge in [0.15, 0.2) is 0 Å². The van der Waals surface area contributed by atoms with Crippen LogP contribution in [-0.2, 0) is 14.8 Å². The van der Waals surface area contributed by atoms with E-state index >= 15 is 0 Å². The molecule has 0 saturated carbocycles. The molecule has 0 bridgehead atoms. The van der Waals surface area contributed by atoms with Gasteiger partial charge in [-0.05, 0) is 68.5 Å². The van der Waals surface area contributed by atoms with E-state index < -0.39 is 10.0 Å². The van der Waals surface area contributed by atoms with Crippen molar-refractivity contribution in [3.8, 4) is 0 Å². The van der Waals surface area contributed by atoms with Crippen LogP contribution in [0.5, 0.6) is 0 Å². The van der Waals surface area contributed by atoms with Gasteiger partial charge >= 0.3 is 0 Å². The van der Waals surface area contributed by atoms with Gasteiger partial charge in [0.1, 0.15) is 0 Å². The van der Waals surface area contributed by atoms with Crippen molar-refractivity contribution >= 4 is 21.6 Å². The number of benzene rings is 1. The Hall–Kier alpha value is -1.44. The van der Waals surface area contributed by atoms with Crippen molar-refractivity contribution in [1.82, 2.24) is 9.21 Å². The Morgan fingerprint density at radius 2 is 1.65 bits per heavy atom. The average molecular weight is 380 g/mol. The number of rotatable bonds is 5. The summed E-state index contributed by atoms with van der Waals surface area (Å²) >= 11 is 0. The molecular formula is C19H29N3O3S. The fraction of sp³-hybridized carbons (Fsp3) is 0.632. The number of carbonyl (C=O) groups is 1. The number of sulfonamides is 1. The SMILES string of the molecule is C[C@H]1C[C@H](C)CN(S(=O)(=O)c2ccc(NC(=O)CN3CCCC3)cc2)C1. The second-order valence-electron chi connectivity index (χ2n) is 7.82. The minimum atomic E-state index is -3.48. The number of carbonyl (C=O) groups excluding carboxylic acids is 1. The first kappa shape index (κ1) is 19.3. The van der Waals surface area contributed by atoms with Crippen LogP contribution in [0.1, 0.15) is 33.1 Å². The molecule has 0 spiro atoms. The molecule has 0 unspecified atom stereocenters. The van der Waals surface area contributed by atoms with Crippen LogP contribution < -0.4 is 5.32 Å². The number of hydrogen-bond donors (Lipinski definition) is 1. The smallest absolute Gasteiger partial charge is 0.243 e. The van der Waals surface area contributed by atoms with Gasteiger partial charge in [-0.15, -0.1) is 0 Å². The van der Waals surface area contributed by atoms with Crippen molar-refractivity contribution < 1.29 is 13.2 Å². The third-order valence-electron chi connectivity index (χ3n) is 5.18. The number of hydrogen-bond acceptors (Lipinski definition) is 4. The number of likely N-dealkylation sites (tertiary alicyclic amines) is 1. The minimum absolute atomic E-state index is 0.0545. The summed E-state index contributed by atoms with van der Waals surface area (Å²) in [6, 6.07) is 6.52. The van der Waals surface area contributed by atoms with E-state index in [-0.39, 0.29) is 10.8 Å². The summed E-state index contributed by atoms with van der Waals surface area (Å²) in [5.74, 6) is 0.691. The topological polar surface area (TPSA) is 69.7 Å². The van der Waals surface area contributed by atoms with Gasteiger partial charge in [0, 0.05) is 18.8 Å². The van der Waals surface area contributed by atoms with Crippen LogP contribution in [-0.4, -0.2) is 56.3 Å². The lowest BCUT2D eigenvalue weighted by Gasteiger charge is -2.34. The summed E-state index contributed by atoms with van der Waals surface area (Å²) in [5.41, 5.74) is 0.633. The molecule has 0 aromatic heterocycles. The van der Waals surface area contributed by atoms with E-state index in [4.69, 9.17) is 0 Å². The van der Waals surface area contributed by atoms with Crippen molar-refractivity contribution in [1.29, 1.82) is 0 Å². The molecule has 2 atom stereocenters. The lowest BCUT2D eigenvalue weighted by atomic mass is 9.94. The maximum absolute atomic E-state index is 12.9. The number of nitrogens with zero attached hydrogens (tertiary/aromatic N) is 2. The highest BCUT2D eigenvalue weighted by molar-refractivity contribution is 7.89. The normalized spacial score (nSPS) is 25.3. The Labute approximate surface area is 156 Å². The van der Waals surface area contributed by atoms with E-state index in [9.17, 15) is 13.2 Å². The Morgan fingerprint density at radius 1 is 1.08 bits per heavy atom. The molecule has 1 amide bonds. The van der Waals surface area contributed by atoms with E-state index in [1.807, 2.05) is 0 Å². The van der Waals surface area contributed by atoms with Gasteiger partial charge in [-0.2, -0.15) is 4.31 Å². The third-order valence-corrected chi connectivity index (χ3v) is 7.02. The van der Waals surface area contributed by atoms with Crippen LogP contribution >= 0.6 is 0 Å². The van der Waals surface area contributed by atoms with Crippen LogP contribution in [0.25, 0.3) is 0 Å². The zero-order chi connectivity index (χ0) is 18.7. The van der Waals surface area contributed by atoms with Crippen LogP contribution in [0.2, 0.25) is 0 Å². The monoisotopic (exact) mass is 379 g/mol. The van der Waals surface area contributed by atoms with Crippen LogP contribution in [0.15, 0.2) is 29.2 Å². The zero-order valence-corrected chi connectivity index (χ0v) is 16.5. The molecule has 2 aliphatic rings. The lowest BCUT2D eigenvalue weighted by Crippen LogP contribution is -2.42. The number of amides is 1. The Bertz CT molecular complexity index is 717. The molecule has 26 heavy (non-hydrogen) atoms. The molecule has 0 radical (unpaired) electrons. The molecule has 2 fully saturated rings. The first-order valence-corrected chi connectivity index (χ1v) is 10.9. The predicted octanol–water partition coefficient (Wildman–Crippen LogP) is 2.39. The largest absolute Gasteiger partial charge is 0.325 e. The molecule has 2 aliphatic heterocycles. The van der Waals surface area contributed by atoms with Gasteiger partial charge < -0.3 is 5.32 Å². The number of anilines is 1. The first-order chi connectivity index (χ1) is 12.3. The molecule has 1 N–H and O–H groups in total. The highest BCUT2D eigenvalue weighted by Gasteiger charge is 2.31. The number of piperidine rings is 1. The summed E-state index contributed by atoms with van der Waals surface area (Å²) in [7, 11) is -3.48. The predicted molar refractivity (Wildman–Crippen MR) is 102 cm³/mol. The van der Waals surface area contributed by atoms with Gasteiger partial charge in [-0.3, -0.25) is 9.69 Å². The quantitative estimate of drug-likeness (QED) is 0.853. The lowest BCUT2D eigenvalue weighted by molar-refractivity contribution is -0.117. The van der Waals surface area contributed by atoms with Crippen LogP contribution in [0.3, 0.4) is 0 Å². The Balaban J connectivity index is 1.63. The average Bonchev–Trinajstić information content (AvgIpc) is 3.07. The number of nitrogens with one attached hydrogen (secondary N) is 1. The van der Waals surface area contributed by atoms with E-state index in [0.29, 0.717) is 37.2 Å². The van der Waals surface area contributed by atoms with Crippen LogP contribution in [0, 0.1) is 11.8 Å². The second kappa shape index (κ2) is 8.06. The Kier molecular flexibility index (Phi) is 5.99. The first-order valence-electron chi connectivity index (χ1n) is 9.47. The summed E-state index contributed by atoms with van der Waals surface area (Å²) in [5, 5.41) is 2.85. The molecule has 2 heterocycles. The van der Waals surface area contributed by atoms with Crippen molar-refractivity contribution in [2.45, 2.75) is 38.0 Å². The highest BCUT2D eigenvalue weighted by Crippen LogP contribution is 2.27. The summed E-state index contributed by atoms with van der Waals surface area (Å²) in [4.78, 5) is 14.5. The maximum Gasteiger partial charge on any atom is 0.243 e. The van der Waals surface area contributed by atoms with Crippen molar-refractivity contribution in [3.05, 3.63) is 24.3 Å². The van der Waals surface area contributed by atoms with Crippen molar-refractivity contribution in [2.24, 2.45) is 11.8 Å². The van der Waals surface area contributed by atoms with Gasteiger partial charge in [-0.25, -0.2) is 8.42 Å². The Morgan fingerprint density at radius 3 is 2.23 bits per heavy atom. The molecule has 7 heteroatoms. The fourth-order valence-electron chi connectivity index (χ4n) is 4.01. The molecule has 144 valence electrons. The minimum Gasteiger partial charge on any atom is -0.325 e. The molecule has 1 aromatic rings. The van der Waals surface area contributed by atoms with Gasteiger partial charge in [-0.1, -0.05) is 13.8 Å². The van der Waals surface area contributed by atoms with E-state index in [0.717, 1.165) is 32.4 Å². The van der Waals surface area contributed by atoms with Gasteiger partial charge in [0.05, 0.1) is 11.4 Å². The third kappa shape index (κ3) is 4.64. The summed E-state index contributed by atoms with van der Waals surface area (Å²) < 4.78 is 27.3. The fourth-order valence-corrected chi connectivity index (χ4v) is 5.69. The molecule has 6 nitrogen and oxygen atoms in total.